The maximum Gasteiger partial charge on any atom is 0.329 e. The van der Waals surface area contributed by atoms with Crippen LogP contribution in [0.2, 0.25) is 0 Å². The first-order valence-corrected chi connectivity index (χ1v) is 7.16. The van der Waals surface area contributed by atoms with Crippen molar-refractivity contribution < 1.29 is 14.7 Å². The molecule has 0 saturated heterocycles. The van der Waals surface area contributed by atoms with Crippen LogP contribution in [0.5, 0.6) is 0 Å². The number of aliphatic carboxylic acids is 1. The molecule has 0 radical (unpaired) electrons. The average molecular weight is 279 g/mol. The Morgan fingerprint density at radius 1 is 1.37 bits per heavy atom. The molecular formula is C14H17NO3S. The molecule has 2 rings (SSSR count). The smallest absolute Gasteiger partial charge is 0.329 e. The number of carbonyl (C=O) groups is 2. The SMILES string of the molecule is Cc1ccc(C)c(SCC(=O)NC2(C(=O)O)CC2)c1. The molecule has 0 bridgehead atoms. The number of thioether (sulfide) groups is 1. The summed E-state index contributed by atoms with van der Waals surface area (Å²) in [5.74, 6) is -0.900. The lowest BCUT2D eigenvalue weighted by molar-refractivity contribution is -0.142. The van der Waals surface area contributed by atoms with Gasteiger partial charge in [0.15, 0.2) is 0 Å². The number of rotatable bonds is 5. The lowest BCUT2D eigenvalue weighted by Crippen LogP contribution is -2.43. The molecule has 1 aromatic rings. The van der Waals surface area contributed by atoms with Gasteiger partial charge in [-0.25, -0.2) is 4.79 Å². The summed E-state index contributed by atoms with van der Waals surface area (Å²) in [7, 11) is 0. The molecule has 1 amide bonds. The van der Waals surface area contributed by atoms with Crippen molar-refractivity contribution in [3.8, 4) is 0 Å². The molecule has 1 aliphatic carbocycles. The van der Waals surface area contributed by atoms with E-state index >= 15 is 0 Å². The minimum Gasteiger partial charge on any atom is -0.480 e. The fraction of sp³-hybridized carbons (Fsp3) is 0.429. The van der Waals surface area contributed by atoms with Crippen molar-refractivity contribution in [2.75, 3.05) is 5.75 Å². The number of aryl methyl sites for hydroxylation is 2. The third kappa shape index (κ3) is 3.29. The number of carboxylic acid groups (broad SMARTS) is 1. The molecule has 4 nitrogen and oxygen atoms in total. The Morgan fingerprint density at radius 2 is 2.05 bits per heavy atom. The topological polar surface area (TPSA) is 66.4 Å². The Morgan fingerprint density at radius 3 is 2.63 bits per heavy atom. The number of benzene rings is 1. The highest BCUT2D eigenvalue weighted by atomic mass is 32.2. The number of hydrogen-bond donors (Lipinski definition) is 2. The second-order valence-corrected chi connectivity index (χ2v) is 6.01. The predicted octanol–water partition coefficient (Wildman–Crippen LogP) is 2.13. The van der Waals surface area contributed by atoms with E-state index in [1.165, 1.54) is 11.8 Å². The maximum atomic E-state index is 11.8. The third-order valence-electron chi connectivity index (χ3n) is 3.24. The van der Waals surface area contributed by atoms with Crippen molar-refractivity contribution in [3.05, 3.63) is 29.3 Å². The molecule has 19 heavy (non-hydrogen) atoms. The van der Waals surface area contributed by atoms with Crippen LogP contribution in [0.25, 0.3) is 0 Å². The summed E-state index contributed by atoms with van der Waals surface area (Å²) in [6, 6.07) is 6.09. The van der Waals surface area contributed by atoms with Crippen LogP contribution in [0.1, 0.15) is 24.0 Å². The van der Waals surface area contributed by atoms with E-state index in [-0.39, 0.29) is 11.7 Å². The maximum absolute atomic E-state index is 11.8. The lowest BCUT2D eigenvalue weighted by atomic mass is 10.2. The second kappa shape index (κ2) is 5.25. The first-order chi connectivity index (χ1) is 8.93. The largest absolute Gasteiger partial charge is 0.480 e. The van der Waals surface area contributed by atoms with Crippen molar-refractivity contribution in [1.29, 1.82) is 0 Å². The van der Waals surface area contributed by atoms with Crippen LogP contribution < -0.4 is 5.32 Å². The van der Waals surface area contributed by atoms with Gasteiger partial charge in [0.25, 0.3) is 0 Å². The average Bonchev–Trinajstić information content (AvgIpc) is 3.11. The summed E-state index contributed by atoms with van der Waals surface area (Å²) in [4.78, 5) is 23.8. The summed E-state index contributed by atoms with van der Waals surface area (Å²) in [6.45, 7) is 4.01. The van der Waals surface area contributed by atoms with Gasteiger partial charge in [-0.1, -0.05) is 17.7 Å². The van der Waals surface area contributed by atoms with Crippen LogP contribution in [-0.4, -0.2) is 28.3 Å². The van der Waals surface area contributed by atoms with Crippen molar-refractivity contribution in [2.24, 2.45) is 0 Å². The molecule has 0 unspecified atom stereocenters. The molecule has 1 aromatic carbocycles. The highest BCUT2D eigenvalue weighted by molar-refractivity contribution is 8.00. The molecule has 1 fully saturated rings. The van der Waals surface area contributed by atoms with Crippen molar-refractivity contribution in [3.63, 3.8) is 0 Å². The summed E-state index contributed by atoms with van der Waals surface area (Å²) in [6.07, 6.45) is 1.06. The Labute approximate surface area is 116 Å². The summed E-state index contributed by atoms with van der Waals surface area (Å²) in [5, 5.41) is 11.6. The highest BCUT2D eigenvalue weighted by Crippen LogP contribution is 2.35. The van der Waals surface area contributed by atoms with E-state index < -0.39 is 11.5 Å². The van der Waals surface area contributed by atoms with E-state index in [0.717, 1.165) is 16.0 Å². The second-order valence-electron chi connectivity index (χ2n) is 4.99. The van der Waals surface area contributed by atoms with Gasteiger partial charge >= 0.3 is 5.97 Å². The van der Waals surface area contributed by atoms with Crippen LogP contribution in [0.3, 0.4) is 0 Å². The highest BCUT2D eigenvalue weighted by Gasteiger charge is 2.51. The molecule has 0 aromatic heterocycles. The zero-order chi connectivity index (χ0) is 14.0. The quantitative estimate of drug-likeness (QED) is 0.810. The van der Waals surface area contributed by atoms with Crippen LogP contribution in [0.4, 0.5) is 0 Å². The predicted molar refractivity (Wildman–Crippen MR) is 74.4 cm³/mol. The Bertz CT molecular complexity index is 523. The zero-order valence-corrected chi connectivity index (χ0v) is 11.8. The third-order valence-corrected chi connectivity index (χ3v) is 4.40. The first-order valence-electron chi connectivity index (χ1n) is 6.17. The first kappa shape index (κ1) is 13.9. The molecule has 2 N–H and O–H groups in total. The number of nitrogens with one attached hydrogen (secondary N) is 1. The summed E-state index contributed by atoms with van der Waals surface area (Å²) in [5.41, 5.74) is 1.29. The van der Waals surface area contributed by atoms with Crippen LogP contribution in [0, 0.1) is 13.8 Å². The molecule has 0 heterocycles. The molecule has 0 aliphatic heterocycles. The molecule has 1 saturated carbocycles. The Balaban J connectivity index is 1.90. The van der Waals surface area contributed by atoms with E-state index in [0.29, 0.717) is 12.8 Å². The van der Waals surface area contributed by atoms with Crippen molar-refractivity contribution in [2.45, 2.75) is 37.1 Å². The van der Waals surface area contributed by atoms with E-state index in [2.05, 4.69) is 5.32 Å². The van der Waals surface area contributed by atoms with Gasteiger partial charge in [-0.05, 0) is 38.3 Å². The summed E-state index contributed by atoms with van der Waals surface area (Å²) >= 11 is 1.44. The molecule has 5 heteroatoms. The number of amides is 1. The number of hydrogen-bond acceptors (Lipinski definition) is 3. The Kier molecular flexibility index (Phi) is 3.85. The number of carbonyl (C=O) groups excluding carboxylic acids is 1. The van der Waals surface area contributed by atoms with Gasteiger partial charge in [-0.3, -0.25) is 4.79 Å². The molecule has 1 aliphatic rings. The van der Waals surface area contributed by atoms with Crippen molar-refractivity contribution in [1.82, 2.24) is 5.32 Å². The van der Waals surface area contributed by atoms with Gasteiger partial charge in [-0.15, -0.1) is 11.8 Å². The minimum atomic E-state index is -0.987. The Hall–Kier alpha value is -1.49. The molecular weight excluding hydrogens is 262 g/mol. The van der Waals surface area contributed by atoms with Crippen LogP contribution in [0.15, 0.2) is 23.1 Å². The fourth-order valence-corrected chi connectivity index (χ4v) is 2.75. The fourth-order valence-electron chi connectivity index (χ4n) is 1.83. The van der Waals surface area contributed by atoms with Gasteiger partial charge in [0.1, 0.15) is 5.54 Å². The van der Waals surface area contributed by atoms with E-state index in [1.54, 1.807) is 0 Å². The summed E-state index contributed by atoms with van der Waals surface area (Å²) < 4.78 is 0. The van der Waals surface area contributed by atoms with E-state index in [9.17, 15) is 9.59 Å². The number of carboxylic acids is 1. The van der Waals surface area contributed by atoms with Crippen LogP contribution >= 0.6 is 11.8 Å². The van der Waals surface area contributed by atoms with Gasteiger partial charge in [0.05, 0.1) is 5.75 Å². The lowest BCUT2D eigenvalue weighted by Gasteiger charge is -2.12. The van der Waals surface area contributed by atoms with E-state index in [1.807, 2.05) is 32.0 Å². The van der Waals surface area contributed by atoms with Crippen molar-refractivity contribution >= 4 is 23.6 Å². The zero-order valence-electron chi connectivity index (χ0n) is 11.0. The molecule has 102 valence electrons. The van der Waals surface area contributed by atoms with E-state index in [4.69, 9.17) is 5.11 Å². The van der Waals surface area contributed by atoms with Gasteiger partial charge in [0.2, 0.25) is 5.91 Å². The normalized spacial score (nSPS) is 15.9. The van der Waals surface area contributed by atoms with Gasteiger partial charge in [-0.2, -0.15) is 0 Å². The molecule has 0 spiro atoms. The van der Waals surface area contributed by atoms with Gasteiger partial charge in [0, 0.05) is 4.90 Å². The van der Waals surface area contributed by atoms with Crippen LogP contribution in [-0.2, 0) is 9.59 Å². The monoisotopic (exact) mass is 279 g/mol. The van der Waals surface area contributed by atoms with Gasteiger partial charge < -0.3 is 10.4 Å². The molecule has 0 atom stereocenters. The standard InChI is InChI=1S/C14H17NO3S/c1-9-3-4-10(2)11(7-9)19-8-12(16)15-14(5-6-14)13(17)18/h3-4,7H,5-6,8H2,1-2H3,(H,15,16)(H,17,18). The minimum absolute atomic E-state index is 0.217.